The van der Waals surface area contributed by atoms with Gasteiger partial charge in [0.05, 0.1) is 0 Å². The third kappa shape index (κ3) is 2.36. The van der Waals surface area contributed by atoms with Crippen molar-refractivity contribution < 1.29 is 4.79 Å². The number of hydrogen-bond donors (Lipinski definition) is 1. The second-order valence-corrected chi connectivity index (χ2v) is 8.54. The van der Waals surface area contributed by atoms with Gasteiger partial charge in [-0.15, -0.1) is 0 Å². The zero-order valence-corrected chi connectivity index (χ0v) is 17.5. The van der Waals surface area contributed by atoms with Crippen molar-refractivity contribution in [3.63, 3.8) is 0 Å². The number of allylic oxidation sites excluding steroid dienone is 2. The number of para-hydroxylation sites is 1. The lowest BCUT2D eigenvalue weighted by molar-refractivity contribution is -0.115. The zero-order chi connectivity index (χ0) is 20.4. The van der Waals surface area contributed by atoms with Gasteiger partial charge in [0.15, 0.2) is 5.78 Å². The number of carbonyl (C=O) groups is 1. The largest absolute Gasteiger partial charge is 0.358 e. The number of nitrogens with one attached hydrogen (secondary N) is 1. The maximum Gasteiger partial charge on any atom is 0.161 e. The highest BCUT2D eigenvalue weighted by Crippen LogP contribution is 2.50. The summed E-state index contributed by atoms with van der Waals surface area (Å²) in [5.74, 6) is 0.169. The van der Waals surface area contributed by atoms with Crippen LogP contribution in [0.4, 0.5) is 5.69 Å². The minimum Gasteiger partial charge on any atom is -0.358 e. The molecule has 0 fully saturated rings. The fourth-order valence-electron chi connectivity index (χ4n) is 5.35. The summed E-state index contributed by atoms with van der Waals surface area (Å²) >= 11 is 6.19. The van der Waals surface area contributed by atoms with Crippen LogP contribution in [0.2, 0.25) is 5.02 Å². The van der Waals surface area contributed by atoms with Crippen molar-refractivity contribution >= 4 is 44.9 Å². The first-order chi connectivity index (χ1) is 14.7. The van der Waals surface area contributed by atoms with Crippen molar-refractivity contribution in [1.82, 2.24) is 4.57 Å². The number of aromatic nitrogens is 1. The first kappa shape index (κ1) is 17.8. The molecule has 148 valence electrons. The zero-order valence-electron chi connectivity index (χ0n) is 16.7. The molecule has 0 radical (unpaired) electrons. The number of hydrogen-bond acceptors (Lipinski definition) is 2. The topological polar surface area (TPSA) is 34.0 Å². The van der Waals surface area contributed by atoms with Crippen LogP contribution in [0.1, 0.15) is 36.8 Å². The molecule has 3 aromatic carbocycles. The van der Waals surface area contributed by atoms with E-state index in [1.54, 1.807) is 0 Å². The number of carbonyl (C=O) groups excluding carboxylic acids is 1. The quantitative estimate of drug-likeness (QED) is 0.400. The number of halogens is 1. The van der Waals surface area contributed by atoms with Crippen molar-refractivity contribution in [3.05, 3.63) is 88.1 Å². The molecular weight excluding hydrogens is 392 g/mol. The first-order valence-corrected chi connectivity index (χ1v) is 10.9. The summed E-state index contributed by atoms with van der Waals surface area (Å²) in [5.41, 5.74) is 7.87. The van der Waals surface area contributed by atoms with E-state index < -0.39 is 0 Å². The number of fused-ring (bicyclic) bond motifs is 5. The van der Waals surface area contributed by atoms with Gasteiger partial charge in [0.1, 0.15) is 0 Å². The molecule has 0 saturated heterocycles. The van der Waals surface area contributed by atoms with Crippen LogP contribution in [0, 0.1) is 0 Å². The molecule has 1 atom stereocenters. The van der Waals surface area contributed by atoms with E-state index in [2.05, 4.69) is 65.3 Å². The van der Waals surface area contributed by atoms with Crippen LogP contribution in [0.3, 0.4) is 0 Å². The molecule has 6 rings (SSSR count). The van der Waals surface area contributed by atoms with Gasteiger partial charge >= 0.3 is 0 Å². The molecule has 0 bridgehead atoms. The Morgan fingerprint density at radius 3 is 2.60 bits per heavy atom. The number of ketones is 1. The van der Waals surface area contributed by atoms with Crippen LogP contribution in [0.25, 0.3) is 21.8 Å². The molecule has 1 N–H and O–H groups in total. The van der Waals surface area contributed by atoms with Gasteiger partial charge in [-0.3, -0.25) is 4.79 Å². The number of nitrogens with zero attached hydrogens (tertiary/aromatic N) is 1. The molecule has 1 aliphatic heterocycles. The lowest BCUT2D eigenvalue weighted by Gasteiger charge is -2.30. The van der Waals surface area contributed by atoms with Gasteiger partial charge in [0.25, 0.3) is 0 Å². The summed E-state index contributed by atoms with van der Waals surface area (Å²) in [6.45, 7) is 3.08. The molecule has 1 unspecified atom stereocenters. The summed E-state index contributed by atoms with van der Waals surface area (Å²) in [6, 6.07) is 20.9. The number of rotatable bonds is 2. The molecule has 2 heterocycles. The molecule has 0 saturated carbocycles. The van der Waals surface area contributed by atoms with Crippen molar-refractivity contribution in [3.8, 4) is 0 Å². The Morgan fingerprint density at radius 1 is 1.00 bits per heavy atom. The van der Waals surface area contributed by atoms with Gasteiger partial charge in [0.2, 0.25) is 0 Å². The van der Waals surface area contributed by atoms with E-state index in [0.717, 1.165) is 35.5 Å². The Morgan fingerprint density at radius 2 is 1.80 bits per heavy atom. The van der Waals surface area contributed by atoms with Crippen LogP contribution in [-0.2, 0) is 11.3 Å². The summed E-state index contributed by atoms with van der Waals surface area (Å²) < 4.78 is 2.37. The summed E-state index contributed by atoms with van der Waals surface area (Å²) in [6.07, 6.45) is 1.36. The third-order valence-corrected chi connectivity index (χ3v) is 6.84. The second-order valence-electron chi connectivity index (χ2n) is 8.11. The Balaban J connectivity index is 1.75. The highest BCUT2D eigenvalue weighted by molar-refractivity contribution is 6.30. The normalized spacial score (nSPS) is 18.1. The molecule has 0 amide bonds. The van der Waals surface area contributed by atoms with Crippen LogP contribution in [0.15, 0.2) is 71.9 Å². The predicted molar refractivity (Wildman–Crippen MR) is 123 cm³/mol. The van der Waals surface area contributed by atoms with Crippen LogP contribution in [0.5, 0.6) is 0 Å². The molecule has 4 heteroatoms. The maximum absolute atomic E-state index is 13.0. The van der Waals surface area contributed by atoms with Gasteiger partial charge in [-0.1, -0.05) is 41.9 Å². The Labute approximate surface area is 180 Å². The van der Waals surface area contributed by atoms with Gasteiger partial charge in [-0.25, -0.2) is 0 Å². The van der Waals surface area contributed by atoms with E-state index in [1.165, 1.54) is 27.4 Å². The molecule has 1 aliphatic carbocycles. The number of Topliss-reactive ketones (excluding diaryl/α,β-unsaturated/α-hetero) is 1. The van der Waals surface area contributed by atoms with E-state index in [9.17, 15) is 4.79 Å². The smallest absolute Gasteiger partial charge is 0.161 e. The maximum atomic E-state index is 13.0. The van der Waals surface area contributed by atoms with Crippen LogP contribution >= 0.6 is 11.6 Å². The predicted octanol–water partition coefficient (Wildman–Crippen LogP) is 6.64. The van der Waals surface area contributed by atoms with Gasteiger partial charge in [-0.2, -0.15) is 0 Å². The molecule has 2 aliphatic rings. The summed E-state index contributed by atoms with van der Waals surface area (Å²) in [4.78, 5) is 13.0. The van der Waals surface area contributed by atoms with E-state index in [1.807, 2.05) is 12.1 Å². The number of benzene rings is 3. The van der Waals surface area contributed by atoms with E-state index >= 15 is 0 Å². The van der Waals surface area contributed by atoms with E-state index in [4.69, 9.17) is 11.6 Å². The molecular formula is C26H21ClN2O. The van der Waals surface area contributed by atoms with Crippen molar-refractivity contribution in [1.29, 1.82) is 0 Å². The fraction of sp³-hybridized carbons (Fsp3) is 0.192. The van der Waals surface area contributed by atoms with E-state index in [-0.39, 0.29) is 11.7 Å². The van der Waals surface area contributed by atoms with Gasteiger partial charge < -0.3 is 9.88 Å². The third-order valence-electron chi connectivity index (χ3n) is 6.59. The molecule has 0 spiro atoms. The Kier molecular flexibility index (Phi) is 3.84. The van der Waals surface area contributed by atoms with Crippen molar-refractivity contribution in [2.45, 2.75) is 32.2 Å². The highest BCUT2D eigenvalue weighted by Gasteiger charge is 2.38. The highest BCUT2D eigenvalue weighted by atomic mass is 35.5. The van der Waals surface area contributed by atoms with Crippen molar-refractivity contribution in [2.24, 2.45) is 0 Å². The second kappa shape index (κ2) is 6.48. The standard InChI is InChI=1S/C26H21ClN2O/c1-2-29-20-6-4-3-5-17(20)24-21(29)13-11-19-26(24)23(15-7-9-16(27)10-8-15)25-18(28-19)12-14-22(25)30/h3-11,13,23,28H,2,12,14H2,1H3. The lowest BCUT2D eigenvalue weighted by Crippen LogP contribution is -2.19. The number of aryl methyl sites for hydroxylation is 1. The average Bonchev–Trinajstić information content (AvgIpc) is 3.30. The Bertz CT molecular complexity index is 1380. The minimum absolute atomic E-state index is 0.0803. The molecule has 1 aromatic heterocycles. The summed E-state index contributed by atoms with van der Waals surface area (Å²) in [7, 11) is 0. The fourth-order valence-corrected chi connectivity index (χ4v) is 5.48. The molecule has 4 aromatic rings. The van der Waals surface area contributed by atoms with Gasteiger partial charge in [0, 0.05) is 62.7 Å². The minimum atomic E-state index is -0.0803. The lowest BCUT2D eigenvalue weighted by atomic mass is 9.79. The van der Waals surface area contributed by atoms with Crippen LogP contribution in [-0.4, -0.2) is 10.4 Å². The monoisotopic (exact) mass is 412 g/mol. The van der Waals surface area contributed by atoms with Gasteiger partial charge in [-0.05, 0) is 54.8 Å². The van der Waals surface area contributed by atoms with Crippen molar-refractivity contribution in [2.75, 3.05) is 5.32 Å². The number of anilines is 1. The van der Waals surface area contributed by atoms with E-state index in [0.29, 0.717) is 11.4 Å². The molecule has 30 heavy (non-hydrogen) atoms. The molecule has 3 nitrogen and oxygen atoms in total. The first-order valence-electron chi connectivity index (χ1n) is 10.5. The average molecular weight is 413 g/mol. The van der Waals surface area contributed by atoms with Crippen LogP contribution < -0.4 is 5.32 Å². The SMILES string of the molecule is CCn1c2ccccc2c2c3c(ccc21)NC1=C(C(=O)CC1)C3c1ccc(Cl)cc1. The Hall–Kier alpha value is -3.04. The summed E-state index contributed by atoms with van der Waals surface area (Å²) in [5, 5.41) is 6.79.